The molecule has 2 aromatic rings. The van der Waals surface area contributed by atoms with E-state index in [0.717, 1.165) is 6.07 Å². The molecule has 6 nitrogen and oxygen atoms in total. The van der Waals surface area contributed by atoms with E-state index in [9.17, 15) is 14.0 Å². The van der Waals surface area contributed by atoms with Gasteiger partial charge in [-0.3, -0.25) is 10.2 Å². The number of nitrogens with one attached hydrogen (secondary N) is 2. The highest BCUT2D eigenvalue weighted by Crippen LogP contribution is 2.11. The molecule has 21 heavy (non-hydrogen) atoms. The molecule has 0 bridgehead atoms. The average molecular weight is 289 g/mol. The Bertz CT molecular complexity index is 619. The lowest BCUT2D eigenvalue weighted by atomic mass is 10.2. The van der Waals surface area contributed by atoms with Gasteiger partial charge in [0, 0.05) is 5.69 Å². The SMILES string of the molecule is Nc1ccccc1C(=O)ONNC(=O)c1ccccc1F. The highest BCUT2D eigenvalue weighted by Gasteiger charge is 2.13. The van der Waals surface area contributed by atoms with E-state index in [1.54, 1.807) is 12.1 Å². The number of benzene rings is 2. The number of hydrogen-bond donors (Lipinski definition) is 3. The van der Waals surface area contributed by atoms with Gasteiger partial charge in [0.15, 0.2) is 0 Å². The minimum Gasteiger partial charge on any atom is -0.398 e. The number of halogens is 1. The molecule has 0 aliphatic carbocycles. The number of nitrogens with two attached hydrogens (primary N) is 1. The predicted molar refractivity (Wildman–Crippen MR) is 73.3 cm³/mol. The Labute approximate surface area is 119 Å². The van der Waals surface area contributed by atoms with Crippen molar-refractivity contribution in [1.29, 1.82) is 0 Å². The van der Waals surface area contributed by atoms with Crippen molar-refractivity contribution in [3.05, 3.63) is 65.5 Å². The fourth-order valence-electron chi connectivity index (χ4n) is 1.57. The van der Waals surface area contributed by atoms with Crippen LogP contribution in [0.1, 0.15) is 20.7 Å². The van der Waals surface area contributed by atoms with Gasteiger partial charge in [0.05, 0.1) is 11.1 Å². The Morgan fingerprint density at radius 2 is 1.62 bits per heavy atom. The fraction of sp³-hybridized carbons (Fsp3) is 0. The summed E-state index contributed by atoms with van der Waals surface area (Å²) in [6.45, 7) is 0. The van der Waals surface area contributed by atoms with Crippen molar-refractivity contribution in [3.8, 4) is 0 Å². The van der Waals surface area contributed by atoms with Crippen molar-refractivity contribution in [3.63, 3.8) is 0 Å². The lowest BCUT2D eigenvalue weighted by Gasteiger charge is -2.08. The lowest BCUT2D eigenvalue weighted by molar-refractivity contribution is 0.0138. The monoisotopic (exact) mass is 289 g/mol. The van der Waals surface area contributed by atoms with Crippen LogP contribution in [-0.4, -0.2) is 11.9 Å². The van der Waals surface area contributed by atoms with Gasteiger partial charge >= 0.3 is 5.97 Å². The maximum atomic E-state index is 13.3. The Hall–Kier alpha value is -2.93. The van der Waals surface area contributed by atoms with Crippen LogP contribution in [-0.2, 0) is 4.84 Å². The molecule has 2 aromatic carbocycles. The van der Waals surface area contributed by atoms with Gasteiger partial charge in [0.2, 0.25) is 0 Å². The van der Waals surface area contributed by atoms with Gasteiger partial charge in [-0.25, -0.2) is 9.18 Å². The van der Waals surface area contributed by atoms with Crippen LogP contribution < -0.4 is 16.7 Å². The average Bonchev–Trinajstić information content (AvgIpc) is 2.48. The van der Waals surface area contributed by atoms with Crippen LogP contribution in [0, 0.1) is 5.82 Å². The van der Waals surface area contributed by atoms with Crippen LogP contribution in [0.2, 0.25) is 0 Å². The number of anilines is 1. The summed E-state index contributed by atoms with van der Waals surface area (Å²) in [6, 6.07) is 11.7. The van der Waals surface area contributed by atoms with Crippen LogP contribution in [0.3, 0.4) is 0 Å². The minimum atomic E-state index is -0.776. The molecule has 0 heterocycles. The second kappa shape index (κ2) is 6.49. The number of hydrazine groups is 1. The van der Waals surface area contributed by atoms with Crippen LogP contribution in [0.15, 0.2) is 48.5 Å². The van der Waals surface area contributed by atoms with Gasteiger partial charge in [-0.15, -0.1) is 0 Å². The Morgan fingerprint density at radius 3 is 2.29 bits per heavy atom. The summed E-state index contributed by atoms with van der Waals surface area (Å²) >= 11 is 0. The zero-order valence-electron chi connectivity index (χ0n) is 10.8. The van der Waals surface area contributed by atoms with Gasteiger partial charge < -0.3 is 10.6 Å². The molecule has 0 saturated carbocycles. The number of carbonyl (C=O) groups is 2. The molecule has 0 fully saturated rings. The van der Waals surface area contributed by atoms with Gasteiger partial charge in [0.1, 0.15) is 5.82 Å². The molecule has 108 valence electrons. The number of amides is 1. The van der Waals surface area contributed by atoms with Crippen LogP contribution in [0.5, 0.6) is 0 Å². The molecule has 0 aliphatic rings. The summed E-state index contributed by atoms with van der Waals surface area (Å²) in [5.41, 5.74) is 9.81. The van der Waals surface area contributed by atoms with E-state index in [1.807, 2.05) is 11.0 Å². The van der Waals surface area contributed by atoms with E-state index < -0.39 is 17.7 Å². The molecule has 0 aromatic heterocycles. The summed E-state index contributed by atoms with van der Waals surface area (Å²) in [5.74, 6) is -2.24. The summed E-state index contributed by atoms with van der Waals surface area (Å²) in [7, 11) is 0. The summed E-state index contributed by atoms with van der Waals surface area (Å²) in [6.07, 6.45) is 0. The first-order valence-corrected chi connectivity index (χ1v) is 5.95. The first-order valence-electron chi connectivity index (χ1n) is 5.95. The molecule has 0 radical (unpaired) electrons. The van der Waals surface area contributed by atoms with E-state index >= 15 is 0 Å². The number of rotatable bonds is 4. The highest BCUT2D eigenvalue weighted by atomic mass is 19.1. The molecule has 0 unspecified atom stereocenters. The maximum Gasteiger partial charge on any atom is 0.360 e. The van der Waals surface area contributed by atoms with E-state index in [2.05, 4.69) is 4.84 Å². The molecule has 0 spiro atoms. The fourth-order valence-corrected chi connectivity index (χ4v) is 1.57. The largest absolute Gasteiger partial charge is 0.398 e. The quantitative estimate of drug-likeness (QED) is 0.584. The summed E-state index contributed by atoms with van der Waals surface area (Å²) in [5, 5.41) is 0. The lowest BCUT2D eigenvalue weighted by Crippen LogP contribution is -2.39. The van der Waals surface area contributed by atoms with Crippen LogP contribution in [0.4, 0.5) is 10.1 Å². The van der Waals surface area contributed by atoms with E-state index in [0.29, 0.717) is 0 Å². The maximum absolute atomic E-state index is 13.3. The van der Waals surface area contributed by atoms with Crippen LogP contribution in [0.25, 0.3) is 0 Å². The van der Waals surface area contributed by atoms with E-state index in [-0.39, 0.29) is 16.8 Å². The van der Waals surface area contributed by atoms with Crippen molar-refractivity contribution in [2.24, 2.45) is 0 Å². The standard InChI is InChI=1S/C14H12FN3O3/c15-11-7-3-1-5-9(11)13(19)17-18-21-14(20)10-6-2-4-8-12(10)16/h1-8,18H,16H2,(H,17,19). The third kappa shape index (κ3) is 3.54. The summed E-state index contributed by atoms with van der Waals surface area (Å²) < 4.78 is 13.3. The number of para-hydroxylation sites is 1. The molecular formula is C14H12FN3O3. The van der Waals surface area contributed by atoms with E-state index in [1.165, 1.54) is 30.3 Å². The molecular weight excluding hydrogens is 277 g/mol. The molecule has 4 N–H and O–H groups in total. The number of nitrogen functional groups attached to an aromatic ring is 1. The molecule has 0 aliphatic heterocycles. The van der Waals surface area contributed by atoms with Crippen molar-refractivity contribution in [2.45, 2.75) is 0 Å². The molecule has 0 saturated heterocycles. The molecule has 0 atom stereocenters. The van der Waals surface area contributed by atoms with Gasteiger partial charge in [0.25, 0.3) is 5.91 Å². The van der Waals surface area contributed by atoms with Gasteiger partial charge in [-0.2, -0.15) is 0 Å². The van der Waals surface area contributed by atoms with E-state index in [4.69, 9.17) is 5.73 Å². The smallest absolute Gasteiger partial charge is 0.360 e. The number of carbonyl (C=O) groups excluding carboxylic acids is 2. The highest BCUT2D eigenvalue weighted by molar-refractivity contribution is 5.95. The van der Waals surface area contributed by atoms with Crippen LogP contribution >= 0.6 is 0 Å². The van der Waals surface area contributed by atoms with Crippen molar-refractivity contribution in [1.82, 2.24) is 11.0 Å². The van der Waals surface area contributed by atoms with Crippen molar-refractivity contribution in [2.75, 3.05) is 5.73 Å². The second-order valence-corrected chi connectivity index (χ2v) is 4.01. The van der Waals surface area contributed by atoms with Gasteiger partial charge in [-0.1, -0.05) is 29.9 Å². The Balaban J connectivity index is 1.90. The molecule has 1 amide bonds. The topological polar surface area (TPSA) is 93.5 Å². The number of hydrogen-bond acceptors (Lipinski definition) is 5. The normalized spacial score (nSPS) is 9.95. The second-order valence-electron chi connectivity index (χ2n) is 4.01. The van der Waals surface area contributed by atoms with Gasteiger partial charge in [-0.05, 0) is 24.3 Å². The zero-order chi connectivity index (χ0) is 15.2. The first kappa shape index (κ1) is 14.5. The minimum absolute atomic E-state index is 0.144. The predicted octanol–water partition coefficient (Wildman–Crippen LogP) is 1.41. The van der Waals surface area contributed by atoms with Crippen molar-refractivity contribution >= 4 is 17.6 Å². The molecule has 7 heteroatoms. The third-order valence-corrected chi connectivity index (χ3v) is 2.61. The molecule has 2 rings (SSSR count). The summed E-state index contributed by atoms with van der Waals surface area (Å²) in [4.78, 5) is 27.9. The Morgan fingerprint density at radius 1 is 1.00 bits per heavy atom. The van der Waals surface area contributed by atoms with Crippen molar-refractivity contribution < 1.29 is 18.8 Å². The first-order chi connectivity index (χ1) is 10.1. The Kier molecular flexibility index (Phi) is 4.47. The zero-order valence-corrected chi connectivity index (χ0v) is 10.8. The third-order valence-electron chi connectivity index (χ3n) is 2.61.